The van der Waals surface area contributed by atoms with E-state index in [4.69, 9.17) is 9.72 Å². The number of carbonyl (C=O) groups is 1. The minimum Gasteiger partial charge on any atom is -0.497 e. The predicted octanol–water partition coefficient (Wildman–Crippen LogP) is 7.21. The van der Waals surface area contributed by atoms with E-state index < -0.39 is 5.91 Å². The zero-order chi connectivity index (χ0) is 25.2. The van der Waals surface area contributed by atoms with E-state index in [-0.39, 0.29) is 11.6 Å². The third kappa shape index (κ3) is 4.20. The van der Waals surface area contributed by atoms with Crippen molar-refractivity contribution in [3.8, 4) is 22.9 Å². The van der Waals surface area contributed by atoms with E-state index in [0.29, 0.717) is 39.8 Å². The first-order chi connectivity index (χ1) is 17.5. The fraction of sp³-hybridized carbons (Fsp3) is 0.172. The number of benzene rings is 3. The number of pyridine rings is 1. The van der Waals surface area contributed by atoms with Crippen LogP contribution in [0, 0.1) is 6.92 Å². The second kappa shape index (κ2) is 9.62. The number of rotatable bonds is 6. The van der Waals surface area contributed by atoms with Crippen LogP contribution >= 0.6 is 0 Å². The van der Waals surface area contributed by atoms with E-state index in [1.165, 1.54) is 0 Å². The highest BCUT2D eigenvalue weighted by Crippen LogP contribution is 2.41. The van der Waals surface area contributed by atoms with Gasteiger partial charge in [0.15, 0.2) is 5.69 Å². The average molecular weight is 479 g/mol. The van der Waals surface area contributed by atoms with Crippen molar-refractivity contribution in [2.45, 2.75) is 26.8 Å². The number of fused-ring (bicyclic) bond motifs is 2. The molecule has 5 rings (SSSR count). The quantitative estimate of drug-likeness (QED) is 0.261. The molecule has 0 fully saturated rings. The normalized spacial score (nSPS) is 11.5. The van der Waals surface area contributed by atoms with E-state index in [1.807, 2.05) is 74.5 Å². The van der Waals surface area contributed by atoms with Gasteiger partial charge in [0, 0.05) is 22.9 Å². The Morgan fingerprint density at radius 1 is 1.03 bits per heavy atom. The summed E-state index contributed by atoms with van der Waals surface area (Å²) in [6.07, 6.45) is 0.823. The molecule has 0 aliphatic heterocycles. The van der Waals surface area contributed by atoms with Crippen molar-refractivity contribution in [1.82, 2.24) is 9.55 Å². The Bertz CT molecular complexity index is 1620. The SMILES string of the molecule is CCCn1c(O)c(N=NC(=O)c2cc(-c3ccccc3)nc3ccc(C)cc23)c2cc(OC)ccc21. The van der Waals surface area contributed by atoms with Gasteiger partial charge in [-0.25, -0.2) is 4.98 Å². The molecule has 7 nitrogen and oxygen atoms in total. The first kappa shape index (κ1) is 23.2. The van der Waals surface area contributed by atoms with Crippen molar-refractivity contribution < 1.29 is 14.6 Å². The van der Waals surface area contributed by atoms with Gasteiger partial charge in [-0.2, -0.15) is 0 Å². The minimum absolute atomic E-state index is 0.0305. The zero-order valence-corrected chi connectivity index (χ0v) is 20.4. The van der Waals surface area contributed by atoms with Gasteiger partial charge in [-0.3, -0.25) is 4.79 Å². The standard InChI is InChI=1S/C29H26N4O3/c1-4-14-33-26-13-11-20(36-3)16-23(26)27(29(33)35)31-32-28(34)22-17-25(19-8-6-5-7-9-19)30-24-12-10-18(2)15-21(22)24/h5-13,15-17,35H,4,14H2,1-3H3. The maximum Gasteiger partial charge on any atom is 0.296 e. The van der Waals surface area contributed by atoms with Crippen LogP contribution in [0.2, 0.25) is 0 Å². The van der Waals surface area contributed by atoms with Crippen LogP contribution in [0.1, 0.15) is 29.3 Å². The smallest absolute Gasteiger partial charge is 0.296 e. The predicted molar refractivity (Wildman–Crippen MR) is 141 cm³/mol. The molecule has 0 saturated carbocycles. The largest absolute Gasteiger partial charge is 0.497 e. The number of azo groups is 1. The lowest BCUT2D eigenvalue weighted by Crippen LogP contribution is -1.99. The molecule has 3 aromatic carbocycles. The molecule has 0 saturated heterocycles. The monoisotopic (exact) mass is 478 g/mol. The van der Waals surface area contributed by atoms with E-state index >= 15 is 0 Å². The number of hydrogen-bond donors (Lipinski definition) is 1. The van der Waals surface area contributed by atoms with Gasteiger partial charge in [0.05, 0.1) is 29.4 Å². The molecule has 5 aromatic rings. The van der Waals surface area contributed by atoms with Crippen LogP contribution in [-0.2, 0) is 6.54 Å². The van der Waals surface area contributed by atoms with Gasteiger partial charge in [-0.15, -0.1) is 10.2 Å². The summed E-state index contributed by atoms with van der Waals surface area (Å²) in [7, 11) is 1.58. The highest BCUT2D eigenvalue weighted by atomic mass is 16.5. The first-order valence-corrected chi connectivity index (χ1v) is 11.8. The Morgan fingerprint density at radius 3 is 2.58 bits per heavy atom. The summed E-state index contributed by atoms with van der Waals surface area (Å²) in [5, 5.41) is 20.6. The van der Waals surface area contributed by atoms with Crippen LogP contribution < -0.4 is 4.74 Å². The summed E-state index contributed by atoms with van der Waals surface area (Å²) in [5.41, 5.74) is 4.73. The Balaban J connectivity index is 1.63. The summed E-state index contributed by atoms with van der Waals surface area (Å²) in [6, 6.07) is 22.7. The molecule has 0 aliphatic rings. The molecule has 1 N–H and O–H groups in total. The summed E-state index contributed by atoms with van der Waals surface area (Å²) in [6.45, 7) is 4.60. The van der Waals surface area contributed by atoms with Gasteiger partial charge in [0.2, 0.25) is 5.88 Å². The van der Waals surface area contributed by atoms with Crippen molar-refractivity contribution in [3.05, 3.63) is 83.9 Å². The van der Waals surface area contributed by atoms with E-state index in [1.54, 1.807) is 23.8 Å². The van der Waals surface area contributed by atoms with Crippen molar-refractivity contribution in [2.75, 3.05) is 7.11 Å². The van der Waals surface area contributed by atoms with Gasteiger partial charge >= 0.3 is 0 Å². The lowest BCUT2D eigenvalue weighted by atomic mass is 10.0. The van der Waals surface area contributed by atoms with Crippen LogP contribution in [0.4, 0.5) is 5.69 Å². The maximum atomic E-state index is 13.4. The number of nitrogens with zero attached hydrogens (tertiary/aromatic N) is 4. The van der Waals surface area contributed by atoms with Gasteiger partial charge in [-0.05, 0) is 49.7 Å². The number of amides is 1. The van der Waals surface area contributed by atoms with Crippen molar-refractivity contribution in [1.29, 1.82) is 0 Å². The van der Waals surface area contributed by atoms with E-state index in [0.717, 1.165) is 23.1 Å². The average Bonchev–Trinajstić information content (AvgIpc) is 3.17. The molecule has 0 aliphatic carbocycles. The Labute approximate surface area is 208 Å². The molecule has 2 heterocycles. The van der Waals surface area contributed by atoms with Crippen molar-refractivity contribution in [3.63, 3.8) is 0 Å². The Kier molecular flexibility index (Phi) is 6.21. The molecule has 180 valence electrons. The van der Waals surface area contributed by atoms with Gasteiger partial charge < -0.3 is 14.4 Å². The lowest BCUT2D eigenvalue weighted by Gasteiger charge is -2.08. The summed E-state index contributed by atoms with van der Waals surface area (Å²) < 4.78 is 7.13. The second-order valence-corrected chi connectivity index (χ2v) is 8.65. The fourth-order valence-corrected chi connectivity index (χ4v) is 4.40. The number of aromatic nitrogens is 2. The van der Waals surface area contributed by atoms with Crippen LogP contribution in [0.15, 0.2) is 83.0 Å². The maximum absolute atomic E-state index is 13.4. The number of hydrogen-bond acceptors (Lipinski definition) is 5. The summed E-state index contributed by atoms with van der Waals surface area (Å²) in [4.78, 5) is 18.2. The molecule has 0 bridgehead atoms. The molecule has 0 atom stereocenters. The summed E-state index contributed by atoms with van der Waals surface area (Å²) in [5.74, 6) is 0.0861. The third-order valence-corrected chi connectivity index (χ3v) is 6.17. The van der Waals surface area contributed by atoms with E-state index in [2.05, 4.69) is 10.2 Å². The lowest BCUT2D eigenvalue weighted by molar-refractivity contribution is 0.0996. The highest BCUT2D eigenvalue weighted by Gasteiger charge is 2.19. The molecule has 36 heavy (non-hydrogen) atoms. The number of ether oxygens (including phenoxy) is 1. The Morgan fingerprint density at radius 2 is 1.83 bits per heavy atom. The molecular weight excluding hydrogens is 452 g/mol. The Hall–Kier alpha value is -4.52. The van der Waals surface area contributed by atoms with Crippen LogP contribution in [-0.4, -0.2) is 27.7 Å². The van der Waals surface area contributed by atoms with Gasteiger partial charge in [-0.1, -0.05) is 48.9 Å². The molecule has 1 amide bonds. The molecule has 0 spiro atoms. The van der Waals surface area contributed by atoms with Gasteiger partial charge in [0.25, 0.3) is 5.91 Å². The molecule has 0 unspecified atom stereocenters. The molecule has 2 aromatic heterocycles. The second-order valence-electron chi connectivity index (χ2n) is 8.65. The van der Waals surface area contributed by atoms with Gasteiger partial charge in [0.1, 0.15) is 5.75 Å². The molecule has 7 heteroatoms. The molecular formula is C29H26N4O3. The number of carbonyl (C=O) groups excluding carboxylic acids is 1. The van der Waals surface area contributed by atoms with Crippen molar-refractivity contribution in [2.24, 2.45) is 10.2 Å². The third-order valence-electron chi connectivity index (χ3n) is 6.17. The number of aryl methyl sites for hydroxylation is 2. The first-order valence-electron chi connectivity index (χ1n) is 11.8. The minimum atomic E-state index is -0.510. The van der Waals surface area contributed by atoms with Crippen LogP contribution in [0.3, 0.4) is 0 Å². The zero-order valence-electron chi connectivity index (χ0n) is 20.4. The number of aromatic hydroxyl groups is 1. The highest BCUT2D eigenvalue weighted by molar-refractivity contribution is 6.08. The van der Waals surface area contributed by atoms with Crippen LogP contribution in [0.25, 0.3) is 33.1 Å². The fourth-order valence-electron chi connectivity index (χ4n) is 4.40. The number of methoxy groups -OCH3 is 1. The topological polar surface area (TPSA) is 89.1 Å². The molecule has 0 radical (unpaired) electrons. The van der Waals surface area contributed by atoms with Crippen molar-refractivity contribution >= 4 is 33.4 Å². The summed E-state index contributed by atoms with van der Waals surface area (Å²) >= 11 is 0. The van der Waals surface area contributed by atoms with E-state index in [9.17, 15) is 9.90 Å². The van der Waals surface area contributed by atoms with Crippen LogP contribution in [0.5, 0.6) is 11.6 Å².